The van der Waals surface area contributed by atoms with Gasteiger partial charge in [-0.2, -0.15) is 0 Å². The van der Waals surface area contributed by atoms with Crippen LogP contribution in [0, 0.1) is 0 Å². The molecule has 0 fully saturated rings. The van der Waals surface area contributed by atoms with E-state index in [9.17, 15) is 9.59 Å². The van der Waals surface area contributed by atoms with Crippen molar-refractivity contribution in [3.8, 4) is 5.82 Å². The molecule has 1 N–H and O–H groups in total. The van der Waals surface area contributed by atoms with Gasteiger partial charge in [0, 0.05) is 37.1 Å². The van der Waals surface area contributed by atoms with E-state index in [4.69, 9.17) is 0 Å². The van der Waals surface area contributed by atoms with E-state index in [2.05, 4.69) is 20.0 Å². The fourth-order valence-corrected chi connectivity index (χ4v) is 1.73. The van der Waals surface area contributed by atoms with Crippen LogP contribution in [0.5, 0.6) is 0 Å². The number of hydrogen-bond acceptors (Lipinski definition) is 5. The Bertz CT molecular complexity index is 610. The molecule has 2 aromatic rings. The van der Waals surface area contributed by atoms with Crippen LogP contribution in [0.15, 0.2) is 37.1 Å². The lowest BCUT2D eigenvalue weighted by atomic mass is 10.2. The molecule has 2 aromatic heterocycles. The quantitative estimate of drug-likeness (QED) is 0.632. The number of ether oxygens (including phenoxy) is 1. The first-order valence-corrected chi connectivity index (χ1v) is 6.50. The Morgan fingerprint density at radius 1 is 1.38 bits per heavy atom. The monoisotopic (exact) mass is 288 g/mol. The number of nitrogens with zero attached hydrogens (tertiary/aromatic N) is 3. The highest BCUT2D eigenvalue weighted by Gasteiger charge is 2.08. The summed E-state index contributed by atoms with van der Waals surface area (Å²) in [5.41, 5.74) is 0.506. The van der Waals surface area contributed by atoms with Crippen LogP contribution in [0.3, 0.4) is 0 Å². The number of nitrogens with one attached hydrogen (secondary N) is 1. The molecule has 0 aliphatic rings. The van der Waals surface area contributed by atoms with Crippen molar-refractivity contribution in [3.63, 3.8) is 0 Å². The number of esters is 1. The molecule has 7 nitrogen and oxygen atoms in total. The molecular weight excluding hydrogens is 272 g/mol. The van der Waals surface area contributed by atoms with E-state index >= 15 is 0 Å². The molecule has 0 unspecified atom stereocenters. The van der Waals surface area contributed by atoms with Gasteiger partial charge >= 0.3 is 5.97 Å². The van der Waals surface area contributed by atoms with Crippen LogP contribution in [0.25, 0.3) is 5.82 Å². The third-order valence-electron chi connectivity index (χ3n) is 2.85. The number of aromatic nitrogens is 3. The van der Waals surface area contributed by atoms with Gasteiger partial charge in [0.25, 0.3) is 5.91 Å². The highest BCUT2D eigenvalue weighted by atomic mass is 16.5. The Balaban J connectivity index is 1.91. The molecule has 0 atom stereocenters. The molecule has 0 aliphatic heterocycles. The fraction of sp³-hybridized carbons (Fsp3) is 0.286. The van der Waals surface area contributed by atoms with Crippen LogP contribution in [0.2, 0.25) is 0 Å². The number of methoxy groups -OCH3 is 1. The molecule has 110 valence electrons. The third kappa shape index (κ3) is 4.13. The van der Waals surface area contributed by atoms with Crippen molar-refractivity contribution < 1.29 is 14.3 Å². The van der Waals surface area contributed by atoms with Crippen LogP contribution < -0.4 is 5.32 Å². The second kappa shape index (κ2) is 7.18. The standard InChI is InChI=1S/C14H16N4O3/c1-21-13(19)3-2-5-17-14(20)11-4-6-16-12(9-11)18-8-7-15-10-18/h4,6-10H,2-3,5H2,1H3,(H,17,20). The molecule has 2 heterocycles. The molecule has 0 radical (unpaired) electrons. The lowest BCUT2D eigenvalue weighted by Gasteiger charge is -2.06. The highest BCUT2D eigenvalue weighted by Crippen LogP contribution is 2.06. The lowest BCUT2D eigenvalue weighted by Crippen LogP contribution is -2.25. The first-order valence-electron chi connectivity index (χ1n) is 6.50. The van der Waals surface area contributed by atoms with E-state index in [1.165, 1.54) is 7.11 Å². The summed E-state index contributed by atoms with van der Waals surface area (Å²) < 4.78 is 6.25. The first kappa shape index (κ1) is 14.7. The summed E-state index contributed by atoms with van der Waals surface area (Å²) in [5.74, 6) is 0.133. The van der Waals surface area contributed by atoms with Crippen molar-refractivity contribution in [2.24, 2.45) is 0 Å². The summed E-state index contributed by atoms with van der Waals surface area (Å²) in [6.45, 7) is 0.413. The number of rotatable bonds is 6. The predicted molar refractivity (Wildman–Crippen MR) is 74.9 cm³/mol. The Morgan fingerprint density at radius 3 is 2.95 bits per heavy atom. The lowest BCUT2D eigenvalue weighted by molar-refractivity contribution is -0.140. The maximum absolute atomic E-state index is 12.0. The van der Waals surface area contributed by atoms with E-state index in [-0.39, 0.29) is 18.3 Å². The van der Waals surface area contributed by atoms with Crippen LogP contribution in [-0.4, -0.2) is 40.1 Å². The number of carbonyl (C=O) groups is 2. The van der Waals surface area contributed by atoms with Gasteiger partial charge in [0.2, 0.25) is 0 Å². The van der Waals surface area contributed by atoms with Gasteiger partial charge in [-0.3, -0.25) is 14.2 Å². The van der Waals surface area contributed by atoms with Crippen molar-refractivity contribution in [2.75, 3.05) is 13.7 Å². The van der Waals surface area contributed by atoms with Crippen LogP contribution in [-0.2, 0) is 9.53 Å². The minimum atomic E-state index is -0.282. The van der Waals surface area contributed by atoms with E-state index < -0.39 is 0 Å². The minimum absolute atomic E-state index is 0.205. The van der Waals surface area contributed by atoms with Gasteiger partial charge in [0.15, 0.2) is 0 Å². The van der Waals surface area contributed by atoms with E-state index in [0.29, 0.717) is 24.3 Å². The van der Waals surface area contributed by atoms with Crippen molar-refractivity contribution in [1.82, 2.24) is 19.9 Å². The van der Waals surface area contributed by atoms with Crippen molar-refractivity contribution in [2.45, 2.75) is 12.8 Å². The highest BCUT2D eigenvalue weighted by molar-refractivity contribution is 5.94. The van der Waals surface area contributed by atoms with Crippen LogP contribution >= 0.6 is 0 Å². The van der Waals surface area contributed by atoms with E-state index in [1.54, 1.807) is 41.6 Å². The Morgan fingerprint density at radius 2 is 2.24 bits per heavy atom. The summed E-state index contributed by atoms with van der Waals surface area (Å²) in [4.78, 5) is 31.1. The van der Waals surface area contributed by atoms with Crippen LogP contribution in [0.4, 0.5) is 0 Å². The van der Waals surface area contributed by atoms with Gasteiger partial charge in [0.1, 0.15) is 12.1 Å². The van der Waals surface area contributed by atoms with Gasteiger partial charge in [-0.25, -0.2) is 9.97 Å². The summed E-state index contributed by atoms with van der Waals surface area (Å²) in [6, 6.07) is 3.31. The largest absolute Gasteiger partial charge is 0.469 e. The van der Waals surface area contributed by atoms with Gasteiger partial charge in [-0.15, -0.1) is 0 Å². The number of amides is 1. The molecule has 2 rings (SSSR count). The van der Waals surface area contributed by atoms with E-state index in [0.717, 1.165) is 0 Å². The zero-order chi connectivity index (χ0) is 15.1. The second-order valence-electron chi connectivity index (χ2n) is 4.31. The molecule has 0 saturated carbocycles. The second-order valence-corrected chi connectivity index (χ2v) is 4.31. The van der Waals surface area contributed by atoms with Gasteiger partial charge in [-0.1, -0.05) is 0 Å². The Kier molecular flexibility index (Phi) is 5.03. The van der Waals surface area contributed by atoms with Crippen LogP contribution in [0.1, 0.15) is 23.2 Å². The molecule has 0 bridgehead atoms. The van der Waals surface area contributed by atoms with Crippen molar-refractivity contribution >= 4 is 11.9 Å². The summed E-state index contributed by atoms with van der Waals surface area (Å²) >= 11 is 0. The van der Waals surface area contributed by atoms with Crippen molar-refractivity contribution in [1.29, 1.82) is 0 Å². The molecule has 7 heteroatoms. The summed E-state index contributed by atoms with van der Waals surface area (Å²) in [7, 11) is 1.34. The van der Waals surface area contributed by atoms with Gasteiger partial charge < -0.3 is 10.1 Å². The number of hydrogen-bond donors (Lipinski definition) is 1. The predicted octanol–water partition coefficient (Wildman–Crippen LogP) is 0.950. The van der Waals surface area contributed by atoms with E-state index in [1.807, 2.05) is 0 Å². The normalized spacial score (nSPS) is 10.1. The average Bonchev–Trinajstić information content (AvgIpc) is 3.05. The van der Waals surface area contributed by atoms with Gasteiger partial charge in [-0.05, 0) is 18.6 Å². The maximum atomic E-state index is 12.0. The molecule has 0 aromatic carbocycles. The zero-order valence-corrected chi connectivity index (χ0v) is 11.7. The Hall–Kier alpha value is -2.70. The first-order chi connectivity index (χ1) is 10.2. The SMILES string of the molecule is COC(=O)CCCNC(=O)c1ccnc(-n2ccnc2)c1. The average molecular weight is 288 g/mol. The molecular formula is C14H16N4O3. The van der Waals surface area contributed by atoms with Gasteiger partial charge in [0.05, 0.1) is 7.11 Å². The molecule has 0 saturated heterocycles. The molecule has 0 aliphatic carbocycles. The number of imidazole rings is 1. The Labute approximate surface area is 122 Å². The molecule has 0 spiro atoms. The third-order valence-corrected chi connectivity index (χ3v) is 2.85. The van der Waals surface area contributed by atoms with Crippen molar-refractivity contribution in [3.05, 3.63) is 42.6 Å². The topological polar surface area (TPSA) is 86.1 Å². The summed E-state index contributed by atoms with van der Waals surface area (Å²) in [5, 5.41) is 2.75. The molecule has 21 heavy (non-hydrogen) atoms. The number of pyridine rings is 1. The smallest absolute Gasteiger partial charge is 0.305 e. The zero-order valence-electron chi connectivity index (χ0n) is 11.7. The maximum Gasteiger partial charge on any atom is 0.305 e. The molecule has 1 amide bonds. The fourth-order valence-electron chi connectivity index (χ4n) is 1.73. The number of carbonyl (C=O) groups excluding carboxylic acids is 2. The summed E-state index contributed by atoms with van der Waals surface area (Å²) in [6.07, 6.45) is 7.39. The minimum Gasteiger partial charge on any atom is -0.469 e.